The summed E-state index contributed by atoms with van der Waals surface area (Å²) in [4.78, 5) is 33.5. The largest absolute Gasteiger partial charge is 0.486 e. The van der Waals surface area contributed by atoms with Crippen molar-refractivity contribution >= 4 is 17.6 Å². The van der Waals surface area contributed by atoms with Crippen molar-refractivity contribution in [1.82, 2.24) is 5.32 Å². The molecule has 30 heavy (non-hydrogen) atoms. The van der Waals surface area contributed by atoms with Gasteiger partial charge in [0.2, 0.25) is 0 Å². The number of rotatable bonds is 9. The van der Waals surface area contributed by atoms with Gasteiger partial charge in [0.15, 0.2) is 24.7 Å². The Kier molecular flexibility index (Phi) is 7.04. The van der Waals surface area contributed by atoms with Crippen molar-refractivity contribution in [2.24, 2.45) is 0 Å². The van der Waals surface area contributed by atoms with Crippen LogP contribution in [0.25, 0.3) is 0 Å². The van der Waals surface area contributed by atoms with Gasteiger partial charge in [0.1, 0.15) is 19.0 Å². The number of ether oxygens (including phenoxy) is 4. The number of carbonyl (C=O) groups is 2. The molecule has 1 N–H and O–H groups in total. The van der Waals surface area contributed by atoms with Crippen molar-refractivity contribution in [3.8, 4) is 17.2 Å². The monoisotopic (exact) mass is 416 g/mol. The molecule has 0 aromatic heterocycles. The van der Waals surface area contributed by atoms with Gasteiger partial charge in [-0.05, 0) is 36.2 Å². The lowest BCUT2D eigenvalue weighted by Gasteiger charge is -2.18. The van der Waals surface area contributed by atoms with Crippen LogP contribution < -0.4 is 19.5 Å². The SMILES string of the molecule is O=C(COC(=O)COc1ccc([N+](=O)[O-])cc1)NCCc1ccc2c(c1)OCCO2. The number of carbonyl (C=O) groups excluding carboxylic acids is 2. The highest BCUT2D eigenvalue weighted by Crippen LogP contribution is 2.30. The zero-order chi connectivity index (χ0) is 21.3. The van der Waals surface area contributed by atoms with Gasteiger partial charge < -0.3 is 24.3 Å². The van der Waals surface area contributed by atoms with Crippen LogP contribution in [-0.2, 0) is 20.7 Å². The molecule has 0 unspecified atom stereocenters. The number of non-ortho nitro benzene ring substituents is 1. The fourth-order valence-electron chi connectivity index (χ4n) is 2.63. The highest BCUT2D eigenvalue weighted by molar-refractivity contribution is 5.80. The molecule has 3 rings (SSSR count). The predicted molar refractivity (Wildman–Crippen MR) is 104 cm³/mol. The smallest absolute Gasteiger partial charge is 0.344 e. The fraction of sp³-hybridized carbons (Fsp3) is 0.300. The third kappa shape index (κ3) is 6.09. The Bertz CT molecular complexity index is 914. The maximum absolute atomic E-state index is 11.8. The van der Waals surface area contributed by atoms with Crippen LogP contribution in [0, 0.1) is 10.1 Å². The van der Waals surface area contributed by atoms with Crippen LogP contribution >= 0.6 is 0 Å². The summed E-state index contributed by atoms with van der Waals surface area (Å²) in [6.45, 7) is 0.563. The van der Waals surface area contributed by atoms with E-state index in [1.54, 1.807) is 0 Å². The molecule has 10 heteroatoms. The first-order chi connectivity index (χ1) is 14.5. The van der Waals surface area contributed by atoms with Gasteiger partial charge in [-0.3, -0.25) is 14.9 Å². The minimum absolute atomic E-state index is 0.0853. The number of hydrogen-bond donors (Lipinski definition) is 1. The molecule has 2 aromatic rings. The summed E-state index contributed by atoms with van der Waals surface area (Å²) in [5, 5.41) is 13.2. The van der Waals surface area contributed by atoms with E-state index >= 15 is 0 Å². The molecule has 0 saturated heterocycles. The topological polar surface area (TPSA) is 126 Å². The Morgan fingerprint density at radius 2 is 1.77 bits per heavy atom. The van der Waals surface area contributed by atoms with E-state index in [0.29, 0.717) is 37.7 Å². The fourth-order valence-corrected chi connectivity index (χ4v) is 2.63. The maximum atomic E-state index is 11.8. The third-order valence-electron chi connectivity index (χ3n) is 4.11. The van der Waals surface area contributed by atoms with Gasteiger partial charge in [-0.2, -0.15) is 0 Å². The van der Waals surface area contributed by atoms with E-state index in [4.69, 9.17) is 18.9 Å². The standard InChI is InChI=1S/C20H20N2O8/c23-19(21-8-7-14-1-6-17-18(11-14)28-10-9-27-17)12-30-20(24)13-29-16-4-2-15(3-5-16)22(25)26/h1-6,11H,7-10,12-13H2,(H,21,23). The number of nitrogens with one attached hydrogen (secondary N) is 1. The number of hydrogen-bond acceptors (Lipinski definition) is 8. The van der Waals surface area contributed by atoms with Gasteiger partial charge >= 0.3 is 5.97 Å². The van der Waals surface area contributed by atoms with Gasteiger partial charge in [0.25, 0.3) is 11.6 Å². The van der Waals surface area contributed by atoms with Crippen molar-refractivity contribution in [1.29, 1.82) is 0 Å². The second kappa shape index (κ2) is 10.1. The highest BCUT2D eigenvalue weighted by Gasteiger charge is 2.12. The number of esters is 1. The summed E-state index contributed by atoms with van der Waals surface area (Å²) in [6.07, 6.45) is 0.583. The molecule has 158 valence electrons. The molecule has 0 spiro atoms. The second-order valence-electron chi connectivity index (χ2n) is 6.28. The van der Waals surface area contributed by atoms with Gasteiger partial charge in [-0.25, -0.2) is 4.79 Å². The Hall–Kier alpha value is -3.82. The number of benzene rings is 2. The van der Waals surface area contributed by atoms with Crippen molar-refractivity contribution in [2.75, 3.05) is 33.0 Å². The lowest BCUT2D eigenvalue weighted by atomic mass is 10.1. The van der Waals surface area contributed by atoms with Crippen molar-refractivity contribution < 1.29 is 33.5 Å². The average molecular weight is 416 g/mol. The molecule has 10 nitrogen and oxygen atoms in total. The van der Waals surface area contributed by atoms with Crippen LogP contribution in [0.1, 0.15) is 5.56 Å². The Morgan fingerprint density at radius 3 is 2.50 bits per heavy atom. The zero-order valence-corrected chi connectivity index (χ0v) is 16.0. The molecule has 0 atom stereocenters. The van der Waals surface area contributed by atoms with Gasteiger partial charge in [0.05, 0.1) is 4.92 Å². The van der Waals surface area contributed by atoms with Crippen LogP contribution in [0.4, 0.5) is 5.69 Å². The van der Waals surface area contributed by atoms with Gasteiger partial charge in [-0.1, -0.05) is 6.07 Å². The van der Waals surface area contributed by atoms with E-state index < -0.39 is 30.0 Å². The maximum Gasteiger partial charge on any atom is 0.344 e. The van der Waals surface area contributed by atoms with E-state index in [1.165, 1.54) is 24.3 Å². The van der Waals surface area contributed by atoms with Crippen LogP contribution in [0.3, 0.4) is 0 Å². The summed E-state index contributed by atoms with van der Waals surface area (Å²) in [5.41, 5.74) is 0.894. The number of nitro groups is 1. The van der Waals surface area contributed by atoms with E-state index in [0.717, 1.165) is 5.56 Å². The van der Waals surface area contributed by atoms with E-state index in [9.17, 15) is 19.7 Å². The number of nitro benzene ring substituents is 1. The zero-order valence-electron chi connectivity index (χ0n) is 16.0. The summed E-state index contributed by atoms with van der Waals surface area (Å²) < 4.78 is 21.0. The Labute approximate surface area is 171 Å². The molecule has 0 saturated carbocycles. The summed E-state index contributed by atoms with van der Waals surface area (Å²) in [5.74, 6) is 0.511. The third-order valence-corrected chi connectivity index (χ3v) is 4.11. The lowest BCUT2D eigenvalue weighted by Crippen LogP contribution is -2.31. The molecule has 2 aromatic carbocycles. The molecule has 1 heterocycles. The average Bonchev–Trinajstić information content (AvgIpc) is 2.76. The Balaban J connectivity index is 1.32. The molecule has 0 bridgehead atoms. The van der Waals surface area contributed by atoms with Crippen LogP contribution in [0.15, 0.2) is 42.5 Å². The molecule has 0 fully saturated rings. The van der Waals surface area contributed by atoms with Gasteiger partial charge in [0, 0.05) is 18.7 Å². The first kappa shape index (κ1) is 20.9. The minimum Gasteiger partial charge on any atom is -0.486 e. The number of amides is 1. The van der Waals surface area contributed by atoms with Crippen molar-refractivity contribution in [3.05, 3.63) is 58.1 Å². The lowest BCUT2D eigenvalue weighted by molar-refractivity contribution is -0.384. The second-order valence-corrected chi connectivity index (χ2v) is 6.28. The van der Waals surface area contributed by atoms with Crippen LogP contribution in [0.5, 0.6) is 17.2 Å². The molecule has 1 amide bonds. The summed E-state index contributed by atoms with van der Waals surface area (Å²) in [7, 11) is 0. The first-order valence-corrected chi connectivity index (χ1v) is 9.19. The van der Waals surface area contributed by atoms with E-state index in [-0.39, 0.29) is 11.4 Å². The van der Waals surface area contributed by atoms with Gasteiger partial charge in [-0.15, -0.1) is 0 Å². The number of fused-ring (bicyclic) bond motifs is 1. The molecular formula is C20H20N2O8. The first-order valence-electron chi connectivity index (χ1n) is 9.19. The van der Waals surface area contributed by atoms with Crippen molar-refractivity contribution in [3.63, 3.8) is 0 Å². The normalized spacial score (nSPS) is 12.0. The molecular weight excluding hydrogens is 396 g/mol. The van der Waals surface area contributed by atoms with E-state index in [1.807, 2.05) is 18.2 Å². The Morgan fingerprint density at radius 1 is 1.03 bits per heavy atom. The van der Waals surface area contributed by atoms with Crippen LogP contribution in [-0.4, -0.2) is 49.8 Å². The van der Waals surface area contributed by atoms with Crippen LogP contribution in [0.2, 0.25) is 0 Å². The quantitative estimate of drug-likeness (QED) is 0.371. The summed E-state index contributed by atoms with van der Waals surface area (Å²) in [6, 6.07) is 10.9. The van der Waals surface area contributed by atoms with Crippen molar-refractivity contribution in [2.45, 2.75) is 6.42 Å². The summed E-state index contributed by atoms with van der Waals surface area (Å²) >= 11 is 0. The van der Waals surface area contributed by atoms with E-state index in [2.05, 4.69) is 5.32 Å². The highest BCUT2D eigenvalue weighted by atomic mass is 16.6. The molecule has 0 radical (unpaired) electrons. The molecule has 1 aliphatic heterocycles. The molecule has 1 aliphatic rings. The minimum atomic E-state index is -0.727. The number of nitrogens with zero attached hydrogens (tertiary/aromatic N) is 1. The molecule has 0 aliphatic carbocycles. The predicted octanol–water partition coefficient (Wildman–Crippen LogP) is 1.65.